The van der Waals surface area contributed by atoms with Crippen LogP contribution in [0.3, 0.4) is 0 Å². The number of aromatic nitrogens is 2. The van der Waals surface area contributed by atoms with Gasteiger partial charge in [0.05, 0.1) is 27.8 Å². The van der Waals surface area contributed by atoms with Gasteiger partial charge >= 0.3 is 0 Å². The number of sulfone groups is 1. The van der Waals surface area contributed by atoms with Gasteiger partial charge in [0.2, 0.25) is 0 Å². The average molecular weight is 657 g/mol. The number of carbonyl (C=O) groups excluding carboxylic acids is 2. The number of rotatable bonds is 8. The van der Waals surface area contributed by atoms with Gasteiger partial charge in [-0.15, -0.1) is 0 Å². The summed E-state index contributed by atoms with van der Waals surface area (Å²) in [4.78, 5) is 45.4. The first-order chi connectivity index (χ1) is 21.0. The van der Waals surface area contributed by atoms with Gasteiger partial charge in [0.1, 0.15) is 11.6 Å². The molecule has 0 atom stereocenters. The highest BCUT2D eigenvalue weighted by Gasteiger charge is 2.22. The molecule has 1 fully saturated rings. The smallest absolute Gasteiger partial charge is 0.259 e. The fourth-order valence-electron chi connectivity index (χ4n) is 4.68. The van der Waals surface area contributed by atoms with Gasteiger partial charge in [-0.2, -0.15) is 0 Å². The van der Waals surface area contributed by atoms with Crippen molar-refractivity contribution in [2.75, 3.05) is 41.8 Å². The fourth-order valence-corrected chi connectivity index (χ4v) is 6.28. The predicted octanol–water partition coefficient (Wildman–Crippen LogP) is 4.16. The Morgan fingerprint density at radius 2 is 1.64 bits per heavy atom. The maximum Gasteiger partial charge on any atom is 0.259 e. The topological polar surface area (TPSA) is 151 Å². The number of hydrogen-bond donors (Lipinski definition) is 3. The number of aromatic hydroxyl groups is 1. The molecule has 1 saturated heterocycles. The van der Waals surface area contributed by atoms with Crippen molar-refractivity contribution in [1.29, 1.82) is 0 Å². The summed E-state index contributed by atoms with van der Waals surface area (Å²) in [6.45, 7) is 1.84. The number of nitrogens with zero attached hydrogens (tertiary/aromatic N) is 3. The van der Waals surface area contributed by atoms with E-state index >= 15 is 0 Å². The summed E-state index contributed by atoms with van der Waals surface area (Å²) in [5.74, 6) is -1.25. The van der Waals surface area contributed by atoms with Gasteiger partial charge in [-0.3, -0.25) is 19.3 Å². The molecule has 14 heteroatoms. The van der Waals surface area contributed by atoms with Gasteiger partial charge in [-0.25, -0.2) is 13.4 Å². The van der Waals surface area contributed by atoms with Crippen molar-refractivity contribution < 1.29 is 23.1 Å². The molecular formula is C30H27Cl2N5O6S. The van der Waals surface area contributed by atoms with Gasteiger partial charge in [-0.05, 0) is 48.0 Å². The van der Waals surface area contributed by atoms with Gasteiger partial charge in [0.25, 0.3) is 17.4 Å². The zero-order chi connectivity index (χ0) is 31.4. The zero-order valence-corrected chi connectivity index (χ0v) is 25.5. The summed E-state index contributed by atoms with van der Waals surface area (Å²) < 4.78 is 24.9. The molecule has 44 heavy (non-hydrogen) atoms. The van der Waals surface area contributed by atoms with E-state index in [2.05, 4.69) is 15.6 Å². The third kappa shape index (κ3) is 7.45. The number of pyridine rings is 2. The van der Waals surface area contributed by atoms with Gasteiger partial charge in [0.15, 0.2) is 9.84 Å². The molecule has 4 aromatic rings. The lowest BCUT2D eigenvalue weighted by Gasteiger charge is -2.26. The molecule has 0 bridgehead atoms. The summed E-state index contributed by atoms with van der Waals surface area (Å²) in [5.41, 5.74) is 0.789. The van der Waals surface area contributed by atoms with Crippen LogP contribution in [0.15, 0.2) is 77.9 Å². The molecule has 2 amide bonds. The first kappa shape index (κ1) is 31.2. The second-order valence-electron chi connectivity index (χ2n) is 10.1. The zero-order valence-electron chi connectivity index (χ0n) is 23.2. The number of halogens is 2. The molecule has 11 nitrogen and oxygen atoms in total. The Balaban J connectivity index is 1.29. The van der Waals surface area contributed by atoms with Crippen molar-refractivity contribution in [3.63, 3.8) is 0 Å². The molecule has 2 aromatic heterocycles. The first-order valence-electron chi connectivity index (χ1n) is 13.5. The van der Waals surface area contributed by atoms with Crippen LogP contribution in [0.1, 0.15) is 20.7 Å². The first-order valence-corrected chi connectivity index (χ1v) is 16.1. The maximum absolute atomic E-state index is 13.2. The minimum Gasteiger partial charge on any atom is -0.506 e. The van der Waals surface area contributed by atoms with Crippen LogP contribution >= 0.6 is 23.2 Å². The second-order valence-corrected chi connectivity index (χ2v) is 13.3. The number of phenols is 1. The quantitative estimate of drug-likeness (QED) is 0.240. The Bertz CT molecular complexity index is 1870. The van der Waals surface area contributed by atoms with Gasteiger partial charge in [-0.1, -0.05) is 35.3 Å². The van der Waals surface area contributed by atoms with Gasteiger partial charge < -0.3 is 20.3 Å². The van der Waals surface area contributed by atoms with Crippen molar-refractivity contribution in [2.24, 2.45) is 0 Å². The number of anilines is 2. The molecule has 0 radical (unpaired) electrons. The minimum absolute atomic E-state index is 0.0801. The molecular weight excluding hydrogens is 629 g/mol. The highest BCUT2D eigenvalue weighted by molar-refractivity contribution is 7.91. The molecule has 5 rings (SSSR count). The molecule has 2 aromatic carbocycles. The third-order valence-corrected chi connectivity index (χ3v) is 9.16. The van der Waals surface area contributed by atoms with Crippen molar-refractivity contribution in [2.45, 2.75) is 6.54 Å². The van der Waals surface area contributed by atoms with Crippen molar-refractivity contribution in [1.82, 2.24) is 14.5 Å². The summed E-state index contributed by atoms with van der Waals surface area (Å²) in [6.07, 6.45) is 3.04. The summed E-state index contributed by atoms with van der Waals surface area (Å²) in [5, 5.41) is 16.1. The van der Waals surface area contributed by atoms with E-state index in [-0.39, 0.29) is 44.7 Å². The van der Waals surface area contributed by atoms with Crippen LogP contribution in [0.25, 0.3) is 11.1 Å². The van der Waals surface area contributed by atoms with Crippen molar-refractivity contribution >= 4 is 56.4 Å². The van der Waals surface area contributed by atoms with E-state index in [0.717, 1.165) is 0 Å². The Hall–Kier alpha value is -4.23. The summed E-state index contributed by atoms with van der Waals surface area (Å²) >= 11 is 11.9. The number of amides is 2. The Morgan fingerprint density at radius 1 is 0.909 bits per heavy atom. The van der Waals surface area contributed by atoms with Crippen molar-refractivity contribution in [3.8, 4) is 16.9 Å². The van der Waals surface area contributed by atoms with Crippen LogP contribution in [0.2, 0.25) is 10.0 Å². The lowest BCUT2D eigenvalue weighted by atomic mass is 10.0. The van der Waals surface area contributed by atoms with Crippen LogP contribution in [-0.2, 0) is 16.4 Å². The maximum atomic E-state index is 13.2. The molecule has 1 aliphatic heterocycles. The molecule has 0 unspecified atom stereocenters. The number of carbonyl (C=O) groups is 2. The van der Waals surface area contributed by atoms with Crippen molar-refractivity contribution in [3.05, 3.63) is 105 Å². The second kappa shape index (κ2) is 13.2. The number of benzene rings is 2. The number of phenolic OH excluding ortho intramolecular Hbond substituents is 1. The predicted molar refractivity (Wildman–Crippen MR) is 170 cm³/mol. The van der Waals surface area contributed by atoms with E-state index in [4.69, 9.17) is 23.2 Å². The number of hydrogen-bond acceptors (Lipinski definition) is 8. The summed E-state index contributed by atoms with van der Waals surface area (Å²) in [6, 6.07) is 15.3. The van der Waals surface area contributed by atoms with E-state index in [1.54, 1.807) is 41.1 Å². The van der Waals surface area contributed by atoms with Crippen LogP contribution in [0, 0.1) is 0 Å². The normalized spacial score (nSPS) is 14.6. The number of nitrogens with one attached hydrogen (secondary N) is 2. The van der Waals surface area contributed by atoms with E-state index in [1.165, 1.54) is 36.5 Å². The van der Waals surface area contributed by atoms with Crippen LogP contribution in [0.5, 0.6) is 5.75 Å². The van der Waals surface area contributed by atoms with Crippen LogP contribution < -0.4 is 16.2 Å². The SMILES string of the molecule is O=C(Nc1c(O)cc(Cl)cc1C(=O)Nc1ccc(Cl)cn1)c1ccc(-c2cccn(CCN3CCS(=O)(=O)CC3)c2=O)cc1. The van der Waals surface area contributed by atoms with E-state index < -0.39 is 27.4 Å². The van der Waals surface area contributed by atoms with Crippen LogP contribution in [-0.4, -0.2) is 70.9 Å². The Kier molecular flexibility index (Phi) is 9.35. The third-order valence-electron chi connectivity index (χ3n) is 7.11. The minimum atomic E-state index is -2.98. The highest BCUT2D eigenvalue weighted by atomic mass is 35.5. The van der Waals surface area contributed by atoms with E-state index in [0.29, 0.717) is 42.3 Å². The largest absolute Gasteiger partial charge is 0.506 e. The molecule has 3 heterocycles. The summed E-state index contributed by atoms with van der Waals surface area (Å²) in [7, 11) is -2.98. The Morgan fingerprint density at radius 3 is 2.32 bits per heavy atom. The van der Waals surface area contributed by atoms with Crippen LogP contribution in [0.4, 0.5) is 11.5 Å². The standard InChI is InChI=1S/C30H27Cl2N5O6S/c31-21-7-8-26(33-18-21)34-29(40)24-16-22(32)17-25(38)27(24)35-28(39)20-5-3-19(4-6-20)23-2-1-9-37(30(23)41)11-10-36-12-14-44(42,43)15-13-36/h1-9,16-18,38H,10-15H2,(H,35,39)(H,33,34,40). The highest BCUT2D eigenvalue weighted by Crippen LogP contribution is 2.32. The molecule has 3 N–H and O–H groups in total. The fraction of sp³-hybridized carbons (Fsp3) is 0.200. The van der Waals surface area contributed by atoms with E-state index in [1.807, 2.05) is 4.90 Å². The Labute approximate surface area is 263 Å². The molecule has 0 saturated carbocycles. The lowest BCUT2D eigenvalue weighted by molar-refractivity contribution is 0.102. The van der Waals surface area contributed by atoms with Gasteiger partial charge in [0, 0.05) is 60.8 Å². The lowest BCUT2D eigenvalue weighted by Crippen LogP contribution is -2.42. The molecule has 1 aliphatic rings. The molecule has 228 valence electrons. The molecule has 0 spiro atoms. The average Bonchev–Trinajstić information content (AvgIpc) is 2.99. The molecule has 0 aliphatic carbocycles. The monoisotopic (exact) mass is 655 g/mol. The van der Waals surface area contributed by atoms with E-state index in [9.17, 15) is 27.9 Å².